The summed E-state index contributed by atoms with van der Waals surface area (Å²) >= 11 is 0. The molecule has 0 radical (unpaired) electrons. The molecule has 25 heavy (non-hydrogen) atoms. The molecule has 0 saturated carbocycles. The molecular weight excluding hydrogens is 318 g/mol. The summed E-state index contributed by atoms with van der Waals surface area (Å²) in [5.41, 5.74) is 2.21. The van der Waals surface area contributed by atoms with Crippen LogP contribution in [0.4, 0.5) is 0 Å². The highest BCUT2D eigenvalue weighted by Gasteiger charge is 2.19. The summed E-state index contributed by atoms with van der Waals surface area (Å²) in [6, 6.07) is 6.29. The Hall–Kier alpha value is -1.54. The van der Waals surface area contributed by atoms with Gasteiger partial charge in [0, 0.05) is 65.4 Å². The lowest BCUT2D eigenvalue weighted by atomic mass is 10.2. The van der Waals surface area contributed by atoms with Crippen LogP contribution in [-0.2, 0) is 17.9 Å². The molecule has 3 aliphatic rings. The number of aromatic nitrogens is 1. The van der Waals surface area contributed by atoms with E-state index in [9.17, 15) is 9.90 Å². The van der Waals surface area contributed by atoms with Crippen molar-refractivity contribution >= 4 is 5.97 Å². The maximum Gasteiger partial charge on any atom is 0.317 e. The van der Waals surface area contributed by atoms with Gasteiger partial charge in [0.2, 0.25) is 0 Å². The first-order valence-corrected chi connectivity index (χ1v) is 9.11. The Kier molecular flexibility index (Phi) is 6.36. The second-order valence-corrected chi connectivity index (χ2v) is 7.15. The Morgan fingerprint density at radius 3 is 2.00 bits per heavy atom. The molecule has 0 spiro atoms. The van der Waals surface area contributed by atoms with Crippen LogP contribution in [0.2, 0.25) is 0 Å². The fourth-order valence-electron chi connectivity index (χ4n) is 3.47. The van der Waals surface area contributed by atoms with Gasteiger partial charge in [0.25, 0.3) is 0 Å². The molecule has 138 valence electrons. The molecule has 1 aromatic heterocycles. The molecule has 0 amide bonds. The number of likely N-dealkylation sites (N-methyl/N-ethyl adjacent to an activating group) is 1. The van der Waals surface area contributed by atoms with Crippen molar-refractivity contribution in [2.45, 2.75) is 13.1 Å². The Morgan fingerprint density at radius 1 is 0.960 bits per heavy atom. The third-order valence-corrected chi connectivity index (χ3v) is 5.06. The Labute approximate surface area is 149 Å². The van der Waals surface area contributed by atoms with Crippen molar-refractivity contribution in [1.82, 2.24) is 24.6 Å². The number of aliphatic carboxylic acids is 1. The van der Waals surface area contributed by atoms with Gasteiger partial charge < -0.3 is 10.0 Å². The molecule has 4 bridgehead atoms. The van der Waals surface area contributed by atoms with Gasteiger partial charge in [-0.25, -0.2) is 0 Å². The third kappa shape index (κ3) is 5.74. The topological polar surface area (TPSA) is 63.1 Å². The van der Waals surface area contributed by atoms with Crippen molar-refractivity contribution < 1.29 is 9.90 Å². The van der Waals surface area contributed by atoms with Gasteiger partial charge in [-0.3, -0.25) is 24.5 Å². The number of pyridine rings is 1. The van der Waals surface area contributed by atoms with Crippen LogP contribution in [0.5, 0.6) is 0 Å². The number of carboxylic acids is 1. The lowest BCUT2D eigenvalue weighted by Gasteiger charge is -2.33. The largest absolute Gasteiger partial charge is 0.480 e. The zero-order valence-corrected chi connectivity index (χ0v) is 15.1. The van der Waals surface area contributed by atoms with E-state index in [4.69, 9.17) is 4.98 Å². The maximum absolute atomic E-state index is 11.2. The summed E-state index contributed by atoms with van der Waals surface area (Å²) in [5, 5.41) is 9.21. The Morgan fingerprint density at radius 2 is 1.48 bits per heavy atom. The second kappa shape index (κ2) is 8.71. The smallest absolute Gasteiger partial charge is 0.317 e. The van der Waals surface area contributed by atoms with Crippen molar-refractivity contribution in [3.63, 3.8) is 0 Å². The molecule has 1 fully saturated rings. The van der Waals surface area contributed by atoms with Crippen molar-refractivity contribution in [1.29, 1.82) is 0 Å². The molecular formula is C18H29N5O2. The number of hydrogen-bond donors (Lipinski definition) is 1. The van der Waals surface area contributed by atoms with Crippen LogP contribution < -0.4 is 0 Å². The summed E-state index contributed by atoms with van der Waals surface area (Å²) < 4.78 is 0. The molecule has 4 rings (SSSR count). The third-order valence-electron chi connectivity index (χ3n) is 5.06. The lowest BCUT2D eigenvalue weighted by Crippen LogP contribution is -2.46. The monoisotopic (exact) mass is 347 g/mol. The van der Waals surface area contributed by atoms with Crippen LogP contribution in [0.25, 0.3) is 0 Å². The predicted octanol–water partition coefficient (Wildman–Crippen LogP) is 0.0312. The van der Waals surface area contributed by atoms with Crippen molar-refractivity contribution in [3.05, 3.63) is 29.6 Å². The molecule has 1 saturated heterocycles. The predicted molar refractivity (Wildman–Crippen MR) is 96.4 cm³/mol. The summed E-state index contributed by atoms with van der Waals surface area (Å²) in [6.07, 6.45) is 0. The van der Waals surface area contributed by atoms with Gasteiger partial charge >= 0.3 is 5.97 Å². The summed E-state index contributed by atoms with van der Waals surface area (Å²) in [6.45, 7) is 9.05. The number of fused-ring (bicyclic) bond motifs is 8. The number of carboxylic acid groups (broad SMARTS) is 1. The van der Waals surface area contributed by atoms with Crippen LogP contribution in [-0.4, -0.2) is 102 Å². The molecule has 3 aliphatic heterocycles. The zero-order chi connectivity index (χ0) is 17.6. The first-order valence-electron chi connectivity index (χ1n) is 9.11. The average Bonchev–Trinajstić information content (AvgIpc) is 2.57. The van der Waals surface area contributed by atoms with Crippen LogP contribution in [0.15, 0.2) is 18.2 Å². The minimum absolute atomic E-state index is 0.116. The van der Waals surface area contributed by atoms with Crippen molar-refractivity contribution in [3.8, 4) is 0 Å². The molecule has 7 nitrogen and oxygen atoms in total. The van der Waals surface area contributed by atoms with Gasteiger partial charge in [-0.1, -0.05) is 6.07 Å². The molecule has 2 unspecified atom stereocenters. The molecule has 7 heteroatoms. The lowest BCUT2D eigenvalue weighted by molar-refractivity contribution is -0.138. The molecule has 2 atom stereocenters. The Balaban J connectivity index is 1.85. The SMILES string of the molecule is CN1CCN2CCN(CC(=O)O)CCN(CC1)Cc1cccc(n1)C2. The van der Waals surface area contributed by atoms with Gasteiger partial charge in [0.1, 0.15) is 0 Å². The second-order valence-electron chi connectivity index (χ2n) is 7.15. The fourth-order valence-corrected chi connectivity index (χ4v) is 3.47. The van der Waals surface area contributed by atoms with E-state index in [0.717, 1.165) is 76.8 Å². The molecule has 4 heterocycles. The highest BCUT2D eigenvalue weighted by atomic mass is 16.4. The van der Waals surface area contributed by atoms with E-state index in [1.165, 1.54) is 0 Å². The van der Waals surface area contributed by atoms with Gasteiger partial charge in [0.05, 0.1) is 17.9 Å². The van der Waals surface area contributed by atoms with Gasteiger partial charge in [0.15, 0.2) is 0 Å². The van der Waals surface area contributed by atoms with E-state index in [1.54, 1.807) is 0 Å². The average molecular weight is 347 g/mol. The molecule has 0 aromatic carbocycles. The van der Waals surface area contributed by atoms with Crippen LogP contribution in [0, 0.1) is 0 Å². The molecule has 1 aromatic rings. The van der Waals surface area contributed by atoms with Gasteiger partial charge in [-0.2, -0.15) is 0 Å². The quantitative estimate of drug-likeness (QED) is 0.810. The van der Waals surface area contributed by atoms with Crippen LogP contribution in [0.3, 0.4) is 0 Å². The van der Waals surface area contributed by atoms with E-state index in [0.29, 0.717) is 0 Å². The highest BCUT2D eigenvalue weighted by molar-refractivity contribution is 5.69. The van der Waals surface area contributed by atoms with Crippen LogP contribution in [0.1, 0.15) is 11.4 Å². The van der Waals surface area contributed by atoms with Gasteiger partial charge in [-0.05, 0) is 19.2 Å². The zero-order valence-electron chi connectivity index (χ0n) is 15.1. The minimum atomic E-state index is -0.746. The van der Waals surface area contributed by atoms with Crippen LogP contribution >= 0.6 is 0 Å². The van der Waals surface area contributed by atoms with E-state index in [2.05, 4.69) is 44.8 Å². The maximum atomic E-state index is 11.2. The van der Waals surface area contributed by atoms with Gasteiger partial charge in [-0.15, -0.1) is 0 Å². The van der Waals surface area contributed by atoms with Crippen molar-refractivity contribution in [2.24, 2.45) is 0 Å². The Bertz CT molecular complexity index is 545. The first-order chi connectivity index (χ1) is 12.1. The standard InChI is InChI=1S/C18H29N5O2/c1-20-5-7-21-9-11-23(15-18(24)25)12-10-22(8-6-20)14-17-4-2-3-16(13-21)19-17/h2-4H,5-15H2,1H3,(H,24,25). The summed E-state index contributed by atoms with van der Waals surface area (Å²) in [5.74, 6) is -0.746. The number of rotatable bonds is 2. The van der Waals surface area contributed by atoms with Crippen molar-refractivity contribution in [2.75, 3.05) is 66.0 Å². The number of hydrogen-bond acceptors (Lipinski definition) is 6. The first kappa shape index (κ1) is 18.3. The van der Waals surface area contributed by atoms with E-state index in [-0.39, 0.29) is 6.54 Å². The normalized spacial score (nSPS) is 26.8. The number of carbonyl (C=O) groups is 1. The van der Waals surface area contributed by atoms with E-state index in [1.807, 2.05) is 0 Å². The van der Waals surface area contributed by atoms with E-state index < -0.39 is 5.97 Å². The minimum Gasteiger partial charge on any atom is -0.480 e. The fraction of sp³-hybridized carbons (Fsp3) is 0.667. The summed E-state index contributed by atoms with van der Waals surface area (Å²) in [4.78, 5) is 25.3. The molecule has 0 aliphatic carbocycles. The van der Waals surface area contributed by atoms with E-state index >= 15 is 0 Å². The highest BCUT2D eigenvalue weighted by Crippen LogP contribution is 2.10. The molecule has 1 N–H and O–H groups in total. The summed E-state index contributed by atoms with van der Waals surface area (Å²) in [7, 11) is 2.18. The number of nitrogens with zero attached hydrogens (tertiary/aromatic N) is 5.